The molecule has 1 N–H and O–H groups in total. The van der Waals surface area contributed by atoms with Crippen LogP contribution >= 0.6 is 0 Å². The number of nitrogens with zero attached hydrogens (tertiary/aromatic N) is 1. The number of benzene rings is 3. The molecule has 1 aromatic heterocycles. The summed E-state index contributed by atoms with van der Waals surface area (Å²) in [7, 11) is 0. The molecule has 0 bridgehead atoms. The van der Waals surface area contributed by atoms with Crippen LogP contribution in [0.3, 0.4) is 0 Å². The van der Waals surface area contributed by atoms with Gasteiger partial charge in [0, 0.05) is 33.7 Å². The molecule has 4 heteroatoms. The number of fused-ring (bicyclic) bond motifs is 3. The zero-order chi connectivity index (χ0) is 16.7. The Morgan fingerprint density at radius 1 is 0.750 bits per heavy atom. The Labute approximate surface area is 137 Å². The molecule has 0 aliphatic carbocycles. The van der Waals surface area contributed by atoms with Gasteiger partial charge in [0.2, 0.25) is 0 Å². The van der Waals surface area contributed by atoms with E-state index in [1.54, 1.807) is 30.3 Å². The van der Waals surface area contributed by atoms with Crippen LogP contribution in [0.15, 0.2) is 60.7 Å². The Balaban J connectivity index is 2.18. The predicted molar refractivity (Wildman–Crippen MR) is 93.2 cm³/mol. The largest absolute Gasteiger partial charge is 0.508 e. The van der Waals surface area contributed by atoms with Crippen molar-refractivity contribution in [2.45, 2.75) is 0 Å². The minimum Gasteiger partial charge on any atom is -0.508 e. The molecular weight excluding hydrogens is 302 g/mol. The smallest absolute Gasteiger partial charge is 0.150 e. The molecule has 0 amide bonds. The number of carbonyl (C=O) groups is 2. The molecule has 0 atom stereocenters. The van der Waals surface area contributed by atoms with Crippen molar-refractivity contribution < 1.29 is 14.7 Å². The lowest BCUT2D eigenvalue weighted by molar-refractivity contribution is 0.111. The molecule has 4 aromatic rings. The topological polar surface area (TPSA) is 59.3 Å². The van der Waals surface area contributed by atoms with E-state index in [2.05, 4.69) is 0 Å². The summed E-state index contributed by atoms with van der Waals surface area (Å²) in [6.07, 6.45) is 1.61. The molecule has 1 heterocycles. The highest BCUT2D eigenvalue weighted by Crippen LogP contribution is 2.33. The molecule has 0 aliphatic heterocycles. The predicted octanol–water partition coefficient (Wildman–Crippen LogP) is 4.11. The van der Waals surface area contributed by atoms with Crippen LogP contribution in [0.25, 0.3) is 27.5 Å². The maximum absolute atomic E-state index is 11.1. The number of aromatic nitrogens is 1. The fourth-order valence-corrected chi connectivity index (χ4v) is 3.12. The number of carbonyl (C=O) groups excluding carboxylic acids is 2. The second kappa shape index (κ2) is 5.35. The lowest BCUT2D eigenvalue weighted by Gasteiger charge is -2.08. The molecule has 4 nitrogen and oxygen atoms in total. The summed E-state index contributed by atoms with van der Waals surface area (Å²) in [6, 6.07) is 17.9. The van der Waals surface area contributed by atoms with Gasteiger partial charge in [-0.2, -0.15) is 0 Å². The Morgan fingerprint density at radius 3 is 1.83 bits per heavy atom. The third-order valence-corrected chi connectivity index (χ3v) is 4.17. The monoisotopic (exact) mass is 315 g/mol. The van der Waals surface area contributed by atoms with Crippen molar-refractivity contribution in [2.24, 2.45) is 0 Å². The molecule has 0 aliphatic rings. The van der Waals surface area contributed by atoms with Gasteiger partial charge in [-0.25, -0.2) is 0 Å². The minimum absolute atomic E-state index is 0.177. The number of rotatable bonds is 3. The summed E-state index contributed by atoms with van der Waals surface area (Å²) in [6.45, 7) is 0. The van der Waals surface area contributed by atoms with E-state index < -0.39 is 0 Å². The molecule has 0 radical (unpaired) electrons. The normalized spacial score (nSPS) is 11.0. The second-order valence-corrected chi connectivity index (χ2v) is 5.64. The first-order chi connectivity index (χ1) is 11.7. The lowest BCUT2D eigenvalue weighted by atomic mass is 10.1. The quantitative estimate of drug-likeness (QED) is 0.579. The number of hydrogen-bond acceptors (Lipinski definition) is 3. The van der Waals surface area contributed by atoms with Crippen molar-refractivity contribution in [1.29, 1.82) is 0 Å². The van der Waals surface area contributed by atoms with Crippen molar-refractivity contribution in [3.8, 4) is 11.4 Å². The maximum atomic E-state index is 11.1. The first kappa shape index (κ1) is 14.2. The summed E-state index contributed by atoms with van der Waals surface area (Å²) < 4.78 is 2.01. The van der Waals surface area contributed by atoms with Gasteiger partial charge < -0.3 is 9.67 Å². The average molecular weight is 315 g/mol. The Kier molecular flexibility index (Phi) is 3.17. The van der Waals surface area contributed by atoms with Gasteiger partial charge in [0.1, 0.15) is 18.3 Å². The van der Waals surface area contributed by atoms with Gasteiger partial charge in [0.05, 0.1) is 11.0 Å². The average Bonchev–Trinajstić information content (AvgIpc) is 2.94. The number of aromatic hydroxyl groups is 1. The van der Waals surface area contributed by atoms with Gasteiger partial charge in [-0.05, 0) is 48.5 Å². The third-order valence-electron chi connectivity index (χ3n) is 4.17. The van der Waals surface area contributed by atoms with E-state index in [4.69, 9.17) is 0 Å². The van der Waals surface area contributed by atoms with Gasteiger partial charge >= 0.3 is 0 Å². The van der Waals surface area contributed by atoms with E-state index >= 15 is 0 Å². The van der Waals surface area contributed by atoms with Crippen LogP contribution in [0.5, 0.6) is 5.75 Å². The van der Waals surface area contributed by atoms with E-state index in [-0.39, 0.29) is 5.75 Å². The number of phenols is 1. The summed E-state index contributed by atoms with van der Waals surface area (Å²) in [5.74, 6) is 0.177. The second-order valence-electron chi connectivity index (χ2n) is 5.64. The van der Waals surface area contributed by atoms with Gasteiger partial charge in [-0.3, -0.25) is 9.59 Å². The summed E-state index contributed by atoms with van der Waals surface area (Å²) in [5.41, 5.74) is 3.78. The van der Waals surface area contributed by atoms with E-state index in [0.29, 0.717) is 11.1 Å². The molecule has 24 heavy (non-hydrogen) atoms. The molecule has 0 unspecified atom stereocenters. The SMILES string of the molecule is O=Cc1ccc2c(c1)c1cc(C=O)ccc1n2-c1cccc(O)c1. The summed E-state index contributed by atoms with van der Waals surface area (Å²) >= 11 is 0. The van der Waals surface area contributed by atoms with E-state index in [1.807, 2.05) is 34.9 Å². The maximum Gasteiger partial charge on any atom is 0.150 e. The Bertz CT molecular complexity index is 1040. The van der Waals surface area contributed by atoms with E-state index in [1.165, 1.54) is 0 Å². The van der Waals surface area contributed by atoms with Crippen LogP contribution < -0.4 is 0 Å². The van der Waals surface area contributed by atoms with E-state index in [9.17, 15) is 14.7 Å². The van der Waals surface area contributed by atoms with Crippen LogP contribution in [0.1, 0.15) is 20.7 Å². The van der Waals surface area contributed by atoms with Crippen molar-refractivity contribution in [2.75, 3.05) is 0 Å². The van der Waals surface area contributed by atoms with Crippen molar-refractivity contribution >= 4 is 34.4 Å². The summed E-state index contributed by atoms with van der Waals surface area (Å²) in [5, 5.41) is 11.6. The zero-order valence-corrected chi connectivity index (χ0v) is 12.6. The minimum atomic E-state index is 0.177. The van der Waals surface area contributed by atoms with Crippen molar-refractivity contribution in [1.82, 2.24) is 4.57 Å². The molecule has 0 spiro atoms. The standard InChI is InChI=1S/C20H13NO3/c22-11-13-4-6-19-17(8-13)18-9-14(12-23)5-7-20(18)21(19)15-2-1-3-16(24)10-15/h1-12,24H. The van der Waals surface area contributed by atoms with Gasteiger partial charge in [0.25, 0.3) is 0 Å². The fourth-order valence-electron chi connectivity index (χ4n) is 3.12. The molecule has 0 saturated heterocycles. The highest BCUT2D eigenvalue weighted by atomic mass is 16.3. The molecule has 4 rings (SSSR count). The molecule has 0 saturated carbocycles. The molecule has 116 valence electrons. The molecule has 3 aromatic carbocycles. The number of aldehydes is 2. The highest BCUT2D eigenvalue weighted by molar-refractivity contribution is 6.11. The summed E-state index contributed by atoms with van der Waals surface area (Å²) in [4.78, 5) is 22.3. The van der Waals surface area contributed by atoms with E-state index in [0.717, 1.165) is 40.1 Å². The molecule has 0 fully saturated rings. The lowest BCUT2D eigenvalue weighted by Crippen LogP contribution is -1.93. The first-order valence-corrected chi connectivity index (χ1v) is 7.49. The van der Waals surface area contributed by atoms with Crippen LogP contribution in [0.4, 0.5) is 0 Å². The fraction of sp³-hybridized carbons (Fsp3) is 0. The van der Waals surface area contributed by atoms with Crippen molar-refractivity contribution in [3.05, 3.63) is 71.8 Å². The number of phenolic OH excluding ortho intramolecular Hbond substituents is 1. The van der Waals surface area contributed by atoms with Gasteiger partial charge in [-0.15, -0.1) is 0 Å². The number of hydrogen-bond donors (Lipinski definition) is 1. The van der Waals surface area contributed by atoms with Crippen LogP contribution in [0, 0.1) is 0 Å². The van der Waals surface area contributed by atoms with Crippen LogP contribution in [-0.4, -0.2) is 22.2 Å². The Morgan fingerprint density at radius 2 is 1.33 bits per heavy atom. The first-order valence-electron chi connectivity index (χ1n) is 7.49. The van der Waals surface area contributed by atoms with Gasteiger partial charge in [-0.1, -0.05) is 6.07 Å². The molecular formula is C20H13NO3. The third kappa shape index (κ3) is 2.08. The highest BCUT2D eigenvalue weighted by Gasteiger charge is 2.13. The van der Waals surface area contributed by atoms with Crippen molar-refractivity contribution in [3.63, 3.8) is 0 Å². The van der Waals surface area contributed by atoms with Gasteiger partial charge in [0.15, 0.2) is 0 Å². The van der Waals surface area contributed by atoms with Crippen LogP contribution in [0.2, 0.25) is 0 Å². The zero-order valence-electron chi connectivity index (χ0n) is 12.6. The van der Waals surface area contributed by atoms with Crippen LogP contribution in [-0.2, 0) is 0 Å². The Hall–Kier alpha value is -3.40.